The Balaban J connectivity index is 1.53. The van der Waals surface area contributed by atoms with Crippen molar-refractivity contribution in [1.82, 2.24) is 9.97 Å². The molecule has 1 aliphatic rings. The molecule has 2 N–H and O–H groups in total. The first kappa shape index (κ1) is 17.8. The minimum Gasteiger partial charge on any atom is -0.493 e. The number of anilines is 1. The summed E-state index contributed by atoms with van der Waals surface area (Å²) in [6.07, 6.45) is 5.06. The molecule has 3 rings (SSSR count). The molecule has 1 saturated heterocycles. The number of piperidine rings is 1. The summed E-state index contributed by atoms with van der Waals surface area (Å²) in [7, 11) is 0. The lowest BCUT2D eigenvalue weighted by Gasteiger charge is -2.33. The van der Waals surface area contributed by atoms with E-state index >= 15 is 0 Å². The number of aromatic nitrogens is 2. The molecular formula is C17H18Cl2N4O2. The van der Waals surface area contributed by atoms with Crippen LogP contribution in [0.3, 0.4) is 0 Å². The number of halogens is 2. The summed E-state index contributed by atoms with van der Waals surface area (Å²) >= 11 is 12.1. The van der Waals surface area contributed by atoms with Crippen molar-refractivity contribution in [2.45, 2.75) is 12.8 Å². The molecule has 1 aliphatic heterocycles. The second-order valence-electron chi connectivity index (χ2n) is 5.94. The molecule has 2 aromatic rings. The topological polar surface area (TPSA) is 81.3 Å². The first-order chi connectivity index (χ1) is 12.0. The number of nitrogens with two attached hydrogens (primary N) is 1. The summed E-state index contributed by atoms with van der Waals surface area (Å²) in [5.74, 6) is 1.23. The number of amides is 1. The molecule has 0 saturated carbocycles. The molecule has 0 atom stereocenters. The molecule has 0 aromatic carbocycles. The van der Waals surface area contributed by atoms with Gasteiger partial charge in [-0.05, 0) is 30.9 Å². The molecule has 0 bridgehead atoms. The number of ether oxygens (including phenoxy) is 1. The van der Waals surface area contributed by atoms with Gasteiger partial charge < -0.3 is 15.4 Å². The molecule has 2 aromatic heterocycles. The van der Waals surface area contributed by atoms with Crippen molar-refractivity contribution in [3.05, 3.63) is 46.3 Å². The lowest BCUT2D eigenvalue weighted by Crippen LogP contribution is -2.36. The molecule has 6 nitrogen and oxygen atoms in total. The second-order valence-corrected chi connectivity index (χ2v) is 6.79. The third-order valence-electron chi connectivity index (χ3n) is 4.17. The van der Waals surface area contributed by atoms with Crippen molar-refractivity contribution in [2.75, 3.05) is 24.6 Å². The van der Waals surface area contributed by atoms with E-state index in [4.69, 9.17) is 33.7 Å². The number of primary amides is 1. The fourth-order valence-electron chi connectivity index (χ4n) is 2.80. The van der Waals surface area contributed by atoms with Crippen LogP contribution in [-0.2, 0) is 0 Å². The number of pyridine rings is 2. The van der Waals surface area contributed by atoms with Crippen molar-refractivity contribution in [1.29, 1.82) is 0 Å². The maximum absolute atomic E-state index is 11.2. The van der Waals surface area contributed by atoms with Gasteiger partial charge in [0.25, 0.3) is 5.91 Å². The van der Waals surface area contributed by atoms with Gasteiger partial charge in [0.05, 0.1) is 16.7 Å². The van der Waals surface area contributed by atoms with Crippen LogP contribution in [0.5, 0.6) is 5.75 Å². The van der Waals surface area contributed by atoms with Crippen molar-refractivity contribution in [3.63, 3.8) is 0 Å². The monoisotopic (exact) mass is 380 g/mol. The van der Waals surface area contributed by atoms with Gasteiger partial charge >= 0.3 is 0 Å². The Kier molecular flexibility index (Phi) is 5.60. The number of hydrogen-bond donors (Lipinski definition) is 1. The van der Waals surface area contributed by atoms with Crippen molar-refractivity contribution in [2.24, 2.45) is 11.7 Å². The third kappa shape index (κ3) is 4.52. The number of carbonyl (C=O) groups excluding carboxylic acids is 1. The van der Waals surface area contributed by atoms with Gasteiger partial charge in [-0.2, -0.15) is 0 Å². The van der Waals surface area contributed by atoms with Crippen LogP contribution in [0.25, 0.3) is 0 Å². The van der Waals surface area contributed by atoms with Gasteiger partial charge in [-0.3, -0.25) is 9.78 Å². The number of hydrogen-bond acceptors (Lipinski definition) is 5. The molecule has 0 radical (unpaired) electrons. The highest BCUT2D eigenvalue weighted by Gasteiger charge is 2.22. The first-order valence-corrected chi connectivity index (χ1v) is 8.73. The first-order valence-electron chi connectivity index (χ1n) is 7.97. The van der Waals surface area contributed by atoms with Gasteiger partial charge in [0.2, 0.25) is 0 Å². The Labute approximate surface area is 155 Å². The van der Waals surface area contributed by atoms with Crippen molar-refractivity contribution < 1.29 is 9.53 Å². The Morgan fingerprint density at radius 1 is 1.28 bits per heavy atom. The van der Waals surface area contributed by atoms with Crippen LogP contribution in [0.1, 0.15) is 23.3 Å². The van der Waals surface area contributed by atoms with E-state index in [0.717, 1.165) is 31.7 Å². The lowest BCUT2D eigenvalue weighted by atomic mass is 9.98. The highest BCUT2D eigenvalue weighted by Crippen LogP contribution is 2.29. The van der Waals surface area contributed by atoms with E-state index in [1.807, 2.05) is 0 Å². The smallest absolute Gasteiger partial charge is 0.267 e. The highest BCUT2D eigenvalue weighted by atomic mass is 35.5. The van der Waals surface area contributed by atoms with Gasteiger partial charge in [0, 0.05) is 31.5 Å². The predicted octanol–water partition coefficient (Wildman–Crippen LogP) is 3.18. The number of carbonyl (C=O) groups is 1. The minimum absolute atomic E-state index is 0.204. The van der Waals surface area contributed by atoms with E-state index in [1.165, 1.54) is 6.20 Å². The van der Waals surface area contributed by atoms with Crippen LogP contribution in [-0.4, -0.2) is 35.6 Å². The highest BCUT2D eigenvalue weighted by molar-refractivity contribution is 6.36. The predicted molar refractivity (Wildman–Crippen MR) is 97.4 cm³/mol. The van der Waals surface area contributed by atoms with Crippen LogP contribution in [0, 0.1) is 5.92 Å². The van der Waals surface area contributed by atoms with Crippen molar-refractivity contribution in [3.8, 4) is 5.75 Å². The summed E-state index contributed by atoms with van der Waals surface area (Å²) < 4.78 is 5.79. The third-order valence-corrected chi connectivity index (χ3v) is 4.66. The standard InChI is InChI=1S/C17H18Cl2N4O2/c18-12-7-14(19)17(22-9-12)23-5-2-11(3-6-23)10-25-13-1-4-21-15(8-13)16(20)24/h1,4,7-9,11H,2-3,5-6,10H2,(H2,20,24). The summed E-state index contributed by atoms with van der Waals surface area (Å²) in [5.41, 5.74) is 5.43. The molecule has 0 aliphatic carbocycles. The molecule has 25 heavy (non-hydrogen) atoms. The molecule has 8 heteroatoms. The Morgan fingerprint density at radius 3 is 2.72 bits per heavy atom. The maximum atomic E-state index is 11.2. The Bertz CT molecular complexity index is 764. The van der Waals surface area contributed by atoms with Gasteiger partial charge in [0.1, 0.15) is 17.3 Å². The second kappa shape index (κ2) is 7.89. The summed E-state index contributed by atoms with van der Waals surface area (Å²) in [5, 5.41) is 1.10. The van der Waals surface area contributed by atoms with Gasteiger partial charge in [0.15, 0.2) is 0 Å². The summed E-state index contributed by atoms with van der Waals surface area (Å²) in [6, 6.07) is 4.99. The van der Waals surface area contributed by atoms with Crippen LogP contribution >= 0.6 is 23.2 Å². The molecule has 3 heterocycles. The lowest BCUT2D eigenvalue weighted by molar-refractivity contribution is 0.0995. The van der Waals surface area contributed by atoms with E-state index in [2.05, 4.69) is 14.9 Å². The van der Waals surface area contributed by atoms with E-state index in [-0.39, 0.29) is 5.69 Å². The largest absolute Gasteiger partial charge is 0.493 e. The fraction of sp³-hybridized carbons (Fsp3) is 0.353. The molecular weight excluding hydrogens is 363 g/mol. The fourth-order valence-corrected chi connectivity index (χ4v) is 3.30. The number of rotatable bonds is 5. The van der Waals surface area contributed by atoms with E-state index in [1.54, 1.807) is 24.4 Å². The summed E-state index contributed by atoms with van der Waals surface area (Å²) in [4.78, 5) is 21.5. The zero-order chi connectivity index (χ0) is 17.8. The van der Waals surface area contributed by atoms with Gasteiger partial charge in [-0.15, -0.1) is 0 Å². The van der Waals surface area contributed by atoms with Crippen LogP contribution in [0.15, 0.2) is 30.6 Å². The molecule has 1 fully saturated rings. The zero-order valence-electron chi connectivity index (χ0n) is 13.5. The van der Waals surface area contributed by atoms with E-state index in [0.29, 0.717) is 28.3 Å². The van der Waals surface area contributed by atoms with Crippen LogP contribution < -0.4 is 15.4 Å². The molecule has 0 unspecified atom stereocenters. The summed E-state index contributed by atoms with van der Waals surface area (Å²) in [6.45, 7) is 2.29. The van der Waals surface area contributed by atoms with Gasteiger partial charge in [-0.1, -0.05) is 23.2 Å². The van der Waals surface area contributed by atoms with Gasteiger partial charge in [-0.25, -0.2) is 4.98 Å². The van der Waals surface area contributed by atoms with Crippen LogP contribution in [0.4, 0.5) is 5.82 Å². The SMILES string of the molecule is NC(=O)c1cc(OCC2CCN(c3ncc(Cl)cc3Cl)CC2)ccn1. The Hall–Kier alpha value is -2.05. The molecule has 0 spiro atoms. The van der Waals surface area contributed by atoms with E-state index in [9.17, 15) is 4.79 Å². The number of nitrogens with zero attached hydrogens (tertiary/aromatic N) is 3. The van der Waals surface area contributed by atoms with Crippen molar-refractivity contribution >= 4 is 34.9 Å². The molecule has 1 amide bonds. The average Bonchev–Trinajstić information content (AvgIpc) is 2.61. The normalized spacial score (nSPS) is 15.2. The zero-order valence-corrected chi connectivity index (χ0v) is 15.0. The minimum atomic E-state index is -0.564. The quantitative estimate of drug-likeness (QED) is 0.861. The van der Waals surface area contributed by atoms with E-state index < -0.39 is 5.91 Å². The molecule has 132 valence electrons. The Morgan fingerprint density at radius 2 is 2.04 bits per heavy atom. The maximum Gasteiger partial charge on any atom is 0.267 e. The van der Waals surface area contributed by atoms with Crippen LogP contribution in [0.2, 0.25) is 10.0 Å². The average molecular weight is 381 g/mol.